The molecule has 0 saturated heterocycles. The number of fused-ring (bicyclic) bond motifs is 1. The molecule has 1 aliphatic rings. The predicted octanol–water partition coefficient (Wildman–Crippen LogP) is 4.62. The van der Waals surface area contributed by atoms with Crippen LogP contribution in [0.1, 0.15) is 63.7 Å². The molecule has 10 heteroatoms. The van der Waals surface area contributed by atoms with Gasteiger partial charge < -0.3 is 24.4 Å². The Morgan fingerprint density at radius 3 is 2.56 bits per heavy atom. The second-order valence-electron chi connectivity index (χ2n) is 11.2. The lowest BCUT2D eigenvalue weighted by atomic mass is 10.0. The molecular weight excluding hydrogens is 542 g/mol. The van der Waals surface area contributed by atoms with Crippen LogP contribution in [-0.2, 0) is 14.8 Å². The fourth-order valence-corrected chi connectivity index (χ4v) is 6.11. The summed E-state index contributed by atoms with van der Waals surface area (Å²) in [6.07, 6.45) is 3.38. The highest BCUT2D eigenvalue weighted by Gasteiger charge is 2.30. The summed E-state index contributed by atoms with van der Waals surface area (Å²) < 4.78 is 41.3. The standard InChI is InChI=1S/C31H47N3O6S/c1-6-17-33(5)21-30-23(2)20-34(24(3)22-35)31(36)28-19-26(32-41(37,38)27-13-8-7-9-14-27)15-16-29(28)40-25(4)12-10-11-18-39-30/h7-9,13-16,19,23-25,30,32,35H,6,10-12,17-18,20-22H2,1-5H3/t23-,24+,25+,30-/m1/s1. The molecule has 4 atom stereocenters. The van der Waals surface area contributed by atoms with E-state index in [9.17, 15) is 18.3 Å². The molecule has 228 valence electrons. The first-order valence-electron chi connectivity index (χ1n) is 14.7. The quantitative estimate of drug-likeness (QED) is 0.439. The summed E-state index contributed by atoms with van der Waals surface area (Å²) in [4.78, 5) is 18.2. The van der Waals surface area contributed by atoms with Crippen LogP contribution in [0, 0.1) is 5.92 Å². The average Bonchev–Trinajstić information content (AvgIpc) is 2.95. The van der Waals surface area contributed by atoms with Crippen molar-refractivity contribution in [3.8, 4) is 5.75 Å². The zero-order valence-corrected chi connectivity index (χ0v) is 25.9. The Morgan fingerprint density at radius 2 is 1.88 bits per heavy atom. The topological polar surface area (TPSA) is 108 Å². The van der Waals surface area contributed by atoms with Crippen LogP contribution in [-0.4, -0.2) is 87.4 Å². The van der Waals surface area contributed by atoms with Crippen LogP contribution in [0.25, 0.3) is 0 Å². The maximum absolute atomic E-state index is 14.2. The van der Waals surface area contributed by atoms with E-state index in [1.165, 1.54) is 18.2 Å². The van der Waals surface area contributed by atoms with E-state index in [1.54, 1.807) is 42.2 Å². The van der Waals surface area contributed by atoms with Crippen molar-refractivity contribution in [3.63, 3.8) is 0 Å². The number of sulfonamides is 1. The van der Waals surface area contributed by atoms with E-state index in [1.807, 2.05) is 6.92 Å². The molecule has 0 radical (unpaired) electrons. The van der Waals surface area contributed by atoms with Crippen molar-refractivity contribution in [2.75, 3.05) is 44.6 Å². The summed E-state index contributed by atoms with van der Waals surface area (Å²) in [5.41, 5.74) is 0.501. The van der Waals surface area contributed by atoms with Crippen LogP contribution in [0.5, 0.6) is 5.75 Å². The molecule has 0 spiro atoms. The monoisotopic (exact) mass is 589 g/mol. The van der Waals surface area contributed by atoms with Gasteiger partial charge in [0.25, 0.3) is 15.9 Å². The lowest BCUT2D eigenvalue weighted by Gasteiger charge is -2.35. The molecule has 9 nitrogen and oxygen atoms in total. The number of anilines is 1. The van der Waals surface area contributed by atoms with Gasteiger partial charge in [0, 0.05) is 31.3 Å². The summed E-state index contributed by atoms with van der Waals surface area (Å²) in [7, 11) is -1.78. The third-order valence-electron chi connectivity index (χ3n) is 7.45. The molecule has 0 aliphatic carbocycles. The zero-order chi connectivity index (χ0) is 30.0. The Labute approximate surface area is 245 Å². The van der Waals surface area contributed by atoms with Gasteiger partial charge >= 0.3 is 0 Å². The van der Waals surface area contributed by atoms with Gasteiger partial charge in [0.15, 0.2) is 0 Å². The van der Waals surface area contributed by atoms with E-state index in [2.05, 4.69) is 30.5 Å². The van der Waals surface area contributed by atoms with E-state index < -0.39 is 16.1 Å². The Bertz CT molecular complexity index is 1210. The lowest BCUT2D eigenvalue weighted by Crippen LogP contribution is -2.47. The highest BCUT2D eigenvalue weighted by atomic mass is 32.2. The molecule has 1 aliphatic heterocycles. The maximum atomic E-state index is 14.2. The van der Waals surface area contributed by atoms with E-state index in [0.29, 0.717) is 18.9 Å². The molecule has 3 rings (SSSR count). The number of likely N-dealkylation sites (N-methyl/N-ethyl adjacent to an activating group) is 1. The number of nitrogens with zero attached hydrogens (tertiary/aromatic N) is 2. The highest BCUT2D eigenvalue weighted by molar-refractivity contribution is 7.92. The summed E-state index contributed by atoms with van der Waals surface area (Å²) in [6, 6.07) is 12.4. The van der Waals surface area contributed by atoms with Gasteiger partial charge in [0.1, 0.15) is 5.75 Å². The van der Waals surface area contributed by atoms with E-state index in [4.69, 9.17) is 9.47 Å². The number of ether oxygens (including phenoxy) is 2. The average molecular weight is 590 g/mol. The molecule has 0 unspecified atom stereocenters. The number of hydrogen-bond acceptors (Lipinski definition) is 7. The normalized spacial score (nSPS) is 22.0. The number of rotatable bonds is 9. The molecule has 0 bridgehead atoms. The largest absolute Gasteiger partial charge is 0.490 e. The Kier molecular flexibility index (Phi) is 12.4. The number of amides is 1. The summed E-state index contributed by atoms with van der Waals surface area (Å²) in [5, 5.41) is 10.1. The molecule has 2 aromatic carbocycles. The molecule has 0 fully saturated rings. The van der Waals surface area contributed by atoms with Crippen molar-refractivity contribution in [3.05, 3.63) is 54.1 Å². The maximum Gasteiger partial charge on any atom is 0.261 e. The van der Waals surface area contributed by atoms with Gasteiger partial charge in [0.2, 0.25) is 0 Å². The van der Waals surface area contributed by atoms with Gasteiger partial charge in [-0.3, -0.25) is 9.52 Å². The first-order chi connectivity index (χ1) is 19.6. The van der Waals surface area contributed by atoms with E-state index >= 15 is 0 Å². The number of aliphatic hydroxyl groups is 1. The predicted molar refractivity (Wildman–Crippen MR) is 162 cm³/mol. The lowest BCUT2D eigenvalue weighted by molar-refractivity contribution is -0.0167. The molecule has 1 heterocycles. The first-order valence-corrected chi connectivity index (χ1v) is 16.1. The van der Waals surface area contributed by atoms with Crippen LogP contribution < -0.4 is 9.46 Å². The summed E-state index contributed by atoms with van der Waals surface area (Å²) in [6.45, 7) is 10.5. The van der Waals surface area contributed by atoms with Crippen molar-refractivity contribution in [1.29, 1.82) is 0 Å². The minimum atomic E-state index is -3.86. The fourth-order valence-electron chi connectivity index (χ4n) is 5.04. The molecule has 0 saturated carbocycles. The van der Waals surface area contributed by atoms with Crippen molar-refractivity contribution in [2.45, 2.75) is 76.5 Å². The van der Waals surface area contributed by atoms with Crippen molar-refractivity contribution in [1.82, 2.24) is 9.80 Å². The number of hydrogen-bond donors (Lipinski definition) is 2. The van der Waals surface area contributed by atoms with E-state index in [-0.39, 0.29) is 46.8 Å². The smallest absolute Gasteiger partial charge is 0.261 e. The van der Waals surface area contributed by atoms with Gasteiger partial charge in [0.05, 0.1) is 35.3 Å². The van der Waals surface area contributed by atoms with Crippen LogP contribution >= 0.6 is 0 Å². The molecular formula is C31H47N3O6S. The molecule has 41 heavy (non-hydrogen) atoms. The minimum Gasteiger partial charge on any atom is -0.490 e. The number of carbonyl (C=O) groups excluding carboxylic acids is 1. The Morgan fingerprint density at radius 1 is 1.15 bits per heavy atom. The molecule has 0 aromatic heterocycles. The second kappa shape index (κ2) is 15.5. The molecule has 2 N–H and O–H groups in total. The fraction of sp³-hybridized carbons (Fsp3) is 0.581. The summed E-state index contributed by atoms with van der Waals surface area (Å²) >= 11 is 0. The Balaban J connectivity index is 2.00. The van der Waals surface area contributed by atoms with E-state index in [0.717, 1.165) is 38.8 Å². The summed E-state index contributed by atoms with van der Waals surface area (Å²) in [5.74, 6) is 0.0397. The van der Waals surface area contributed by atoms with Crippen molar-refractivity contribution in [2.24, 2.45) is 5.92 Å². The van der Waals surface area contributed by atoms with Gasteiger partial charge in [-0.1, -0.05) is 32.0 Å². The van der Waals surface area contributed by atoms with Gasteiger partial charge in [-0.05, 0) is 83.5 Å². The van der Waals surface area contributed by atoms with Gasteiger partial charge in [-0.15, -0.1) is 0 Å². The van der Waals surface area contributed by atoms with Crippen molar-refractivity contribution >= 4 is 21.6 Å². The number of carbonyl (C=O) groups is 1. The number of nitrogens with one attached hydrogen (secondary N) is 1. The highest BCUT2D eigenvalue weighted by Crippen LogP contribution is 2.29. The number of aliphatic hydroxyl groups excluding tert-OH is 1. The SMILES string of the molecule is CCCN(C)C[C@H]1OCCCC[C@H](C)Oc2ccc(NS(=O)(=O)c3ccccc3)cc2C(=O)N([C@@H](C)CO)C[C@H]1C. The van der Waals surface area contributed by atoms with Crippen LogP contribution in [0.2, 0.25) is 0 Å². The second-order valence-corrected chi connectivity index (χ2v) is 12.9. The van der Waals surface area contributed by atoms with Crippen molar-refractivity contribution < 1.29 is 27.8 Å². The minimum absolute atomic E-state index is 0.0155. The van der Waals surface area contributed by atoms with Gasteiger partial charge in [-0.2, -0.15) is 0 Å². The zero-order valence-electron chi connectivity index (χ0n) is 25.1. The first kappa shape index (κ1) is 32.8. The molecule has 1 amide bonds. The Hall–Kier alpha value is -2.66. The molecule has 2 aromatic rings. The van der Waals surface area contributed by atoms with Gasteiger partial charge in [-0.25, -0.2) is 8.42 Å². The van der Waals surface area contributed by atoms with Crippen LogP contribution in [0.4, 0.5) is 5.69 Å². The third-order valence-corrected chi connectivity index (χ3v) is 8.85. The van der Waals surface area contributed by atoms with Crippen LogP contribution in [0.15, 0.2) is 53.4 Å². The van der Waals surface area contributed by atoms with Crippen LogP contribution in [0.3, 0.4) is 0 Å². The number of benzene rings is 2. The third kappa shape index (κ3) is 9.43.